The molecular weight excluding hydrogens is 258 g/mol. The molecule has 2 N–H and O–H groups in total. The van der Waals surface area contributed by atoms with Crippen molar-refractivity contribution in [3.05, 3.63) is 29.8 Å². The molecule has 1 fully saturated rings. The second-order valence-corrected chi connectivity index (χ2v) is 7.16. The molecule has 1 aliphatic rings. The Morgan fingerprint density at radius 3 is 2.29 bits per heavy atom. The molecule has 0 amide bonds. The molecule has 1 saturated carbocycles. The van der Waals surface area contributed by atoms with E-state index in [9.17, 15) is 0 Å². The Labute approximate surface area is 130 Å². The number of methoxy groups -OCH3 is 1. The van der Waals surface area contributed by atoms with Crippen molar-refractivity contribution in [2.24, 2.45) is 17.1 Å². The fraction of sp³-hybridized carbons (Fsp3) is 0.684. The predicted octanol–water partition coefficient (Wildman–Crippen LogP) is 4.56. The maximum atomic E-state index is 6.64. The van der Waals surface area contributed by atoms with Crippen LogP contribution < -0.4 is 10.5 Å². The van der Waals surface area contributed by atoms with E-state index in [4.69, 9.17) is 10.5 Å². The van der Waals surface area contributed by atoms with E-state index in [0.717, 1.165) is 24.5 Å². The quantitative estimate of drug-likeness (QED) is 0.798. The number of aryl methyl sites for hydroxylation is 1. The van der Waals surface area contributed by atoms with Crippen molar-refractivity contribution < 1.29 is 4.74 Å². The number of benzene rings is 1. The van der Waals surface area contributed by atoms with Gasteiger partial charge in [0.05, 0.1) is 7.11 Å². The van der Waals surface area contributed by atoms with E-state index in [2.05, 4.69) is 26.0 Å². The molecule has 0 radical (unpaired) electrons. The first-order valence-corrected chi connectivity index (χ1v) is 8.44. The van der Waals surface area contributed by atoms with Gasteiger partial charge in [-0.3, -0.25) is 0 Å². The van der Waals surface area contributed by atoms with Gasteiger partial charge >= 0.3 is 0 Å². The van der Waals surface area contributed by atoms with E-state index in [1.807, 2.05) is 12.1 Å². The summed E-state index contributed by atoms with van der Waals surface area (Å²) >= 11 is 0. The summed E-state index contributed by atoms with van der Waals surface area (Å²) in [4.78, 5) is 0. The molecule has 1 atom stereocenters. The van der Waals surface area contributed by atoms with E-state index in [1.165, 1.54) is 37.7 Å². The lowest BCUT2D eigenvalue weighted by Crippen LogP contribution is -2.41. The average Bonchev–Trinajstić information content (AvgIpc) is 2.94. The first kappa shape index (κ1) is 16.4. The minimum atomic E-state index is 0.338. The van der Waals surface area contributed by atoms with Crippen LogP contribution >= 0.6 is 0 Å². The molecule has 1 aromatic rings. The molecule has 1 aromatic carbocycles. The van der Waals surface area contributed by atoms with E-state index in [-0.39, 0.29) is 0 Å². The number of ether oxygens (including phenoxy) is 1. The summed E-state index contributed by atoms with van der Waals surface area (Å²) in [5.74, 6) is 1.67. The van der Waals surface area contributed by atoms with Gasteiger partial charge in [0, 0.05) is 6.04 Å². The van der Waals surface area contributed by atoms with Gasteiger partial charge in [0.15, 0.2) is 0 Å². The van der Waals surface area contributed by atoms with Crippen LogP contribution in [0.3, 0.4) is 0 Å². The summed E-state index contributed by atoms with van der Waals surface area (Å²) in [5.41, 5.74) is 8.41. The molecule has 118 valence electrons. The van der Waals surface area contributed by atoms with Crippen LogP contribution in [0.5, 0.6) is 5.75 Å². The van der Waals surface area contributed by atoms with Crippen molar-refractivity contribution in [3.63, 3.8) is 0 Å². The maximum absolute atomic E-state index is 6.64. The molecule has 2 heteroatoms. The second kappa shape index (κ2) is 7.31. The van der Waals surface area contributed by atoms with Crippen molar-refractivity contribution in [2.45, 2.75) is 64.8 Å². The molecule has 2 rings (SSSR count). The van der Waals surface area contributed by atoms with E-state index in [0.29, 0.717) is 11.5 Å². The molecule has 2 nitrogen and oxygen atoms in total. The summed E-state index contributed by atoms with van der Waals surface area (Å²) in [5, 5.41) is 0. The van der Waals surface area contributed by atoms with Crippen LogP contribution in [0.1, 0.15) is 57.9 Å². The van der Waals surface area contributed by atoms with Crippen LogP contribution in [0.25, 0.3) is 0 Å². The average molecular weight is 289 g/mol. The summed E-state index contributed by atoms with van der Waals surface area (Å²) in [6.07, 6.45) is 8.84. The highest BCUT2D eigenvalue weighted by Gasteiger charge is 2.39. The number of hydrogen-bond acceptors (Lipinski definition) is 2. The molecule has 0 saturated heterocycles. The molecule has 0 heterocycles. The summed E-state index contributed by atoms with van der Waals surface area (Å²) in [6, 6.07) is 8.75. The van der Waals surface area contributed by atoms with Crippen LogP contribution in [-0.4, -0.2) is 13.2 Å². The minimum absolute atomic E-state index is 0.338. The van der Waals surface area contributed by atoms with Gasteiger partial charge in [0.25, 0.3) is 0 Å². The number of rotatable bonds is 7. The Kier molecular flexibility index (Phi) is 5.69. The highest BCUT2D eigenvalue weighted by Crippen LogP contribution is 2.46. The second-order valence-electron chi connectivity index (χ2n) is 7.16. The smallest absolute Gasteiger partial charge is 0.118 e. The largest absolute Gasteiger partial charge is 0.497 e. The topological polar surface area (TPSA) is 35.2 Å². The Hall–Kier alpha value is -1.02. The lowest BCUT2D eigenvalue weighted by atomic mass is 9.71. The van der Waals surface area contributed by atoms with Gasteiger partial charge in [0.1, 0.15) is 5.75 Å². The predicted molar refractivity (Wildman–Crippen MR) is 89.6 cm³/mol. The monoisotopic (exact) mass is 289 g/mol. The van der Waals surface area contributed by atoms with Crippen LogP contribution in [0.2, 0.25) is 0 Å². The van der Waals surface area contributed by atoms with Crippen molar-refractivity contribution in [1.29, 1.82) is 0 Å². The molecule has 0 spiro atoms. The Balaban J connectivity index is 1.93. The molecule has 21 heavy (non-hydrogen) atoms. The van der Waals surface area contributed by atoms with Gasteiger partial charge in [0.2, 0.25) is 0 Å². The molecule has 0 bridgehead atoms. The summed E-state index contributed by atoms with van der Waals surface area (Å²) in [7, 11) is 1.71. The highest BCUT2D eigenvalue weighted by atomic mass is 16.5. The standard InChI is InChI=1S/C19H31NO/c1-15(2)14-19(12-4-5-13-19)18(20)11-8-16-6-9-17(21-3)10-7-16/h6-7,9-10,15,18H,4-5,8,11-14,20H2,1-3H3. The highest BCUT2D eigenvalue weighted by molar-refractivity contribution is 5.27. The first-order valence-electron chi connectivity index (χ1n) is 8.44. The van der Waals surface area contributed by atoms with Crippen molar-refractivity contribution >= 4 is 0 Å². The number of hydrogen-bond donors (Lipinski definition) is 1. The Morgan fingerprint density at radius 2 is 1.76 bits per heavy atom. The van der Waals surface area contributed by atoms with Crippen LogP contribution in [0, 0.1) is 11.3 Å². The van der Waals surface area contributed by atoms with Gasteiger partial charge in [-0.25, -0.2) is 0 Å². The fourth-order valence-corrected chi connectivity index (χ4v) is 4.04. The van der Waals surface area contributed by atoms with Crippen LogP contribution in [0.4, 0.5) is 0 Å². The van der Waals surface area contributed by atoms with Gasteiger partial charge in [-0.2, -0.15) is 0 Å². The van der Waals surface area contributed by atoms with Gasteiger partial charge in [-0.15, -0.1) is 0 Å². The lowest BCUT2D eigenvalue weighted by molar-refractivity contribution is 0.175. The zero-order valence-electron chi connectivity index (χ0n) is 13.9. The zero-order valence-corrected chi connectivity index (χ0v) is 13.9. The Morgan fingerprint density at radius 1 is 1.14 bits per heavy atom. The van der Waals surface area contributed by atoms with Crippen molar-refractivity contribution in [3.8, 4) is 5.75 Å². The Bertz CT molecular complexity index is 418. The van der Waals surface area contributed by atoms with Gasteiger partial charge in [-0.05, 0) is 61.1 Å². The fourth-order valence-electron chi connectivity index (χ4n) is 4.04. The van der Waals surface area contributed by atoms with E-state index < -0.39 is 0 Å². The molecule has 0 aliphatic heterocycles. The van der Waals surface area contributed by atoms with Crippen LogP contribution in [-0.2, 0) is 6.42 Å². The third-order valence-electron chi connectivity index (χ3n) is 5.10. The zero-order chi connectivity index (χ0) is 15.3. The molecule has 1 aliphatic carbocycles. The van der Waals surface area contributed by atoms with E-state index >= 15 is 0 Å². The van der Waals surface area contributed by atoms with Crippen molar-refractivity contribution in [2.75, 3.05) is 7.11 Å². The number of nitrogens with two attached hydrogens (primary N) is 1. The molecule has 0 aromatic heterocycles. The SMILES string of the molecule is COc1ccc(CCC(N)C2(CC(C)C)CCCC2)cc1. The third kappa shape index (κ3) is 4.23. The van der Waals surface area contributed by atoms with Crippen molar-refractivity contribution in [1.82, 2.24) is 0 Å². The minimum Gasteiger partial charge on any atom is -0.497 e. The lowest BCUT2D eigenvalue weighted by Gasteiger charge is -2.37. The summed E-state index contributed by atoms with van der Waals surface area (Å²) in [6.45, 7) is 4.66. The third-order valence-corrected chi connectivity index (χ3v) is 5.10. The maximum Gasteiger partial charge on any atom is 0.118 e. The normalized spacial score (nSPS) is 18.9. The van der Waals surface area contributed by atoms with Gasteiger partial charge < -0.3 is 10.5 Å². The molecular formula is C19H31NO. The molecule has 1 unspecified atom stereocenters. The van der Waals surface area contributed by atoms with Crippen LogP contribution in [0.15, 0.2) is 24.3 Å². The van der Waals surface area contributed by atoms with Gasteiger partial charge in [-0.1, -0.05) is 38.8 Å². The first-order chi connectivity index (χ1) is 10.1. The van der Waals surface area contributed by atoms with E-state index in [1.54, 1.807) is 7.11 Å². The summed E-state index contributed by atoms with van der Waals surface area (Å²) < 4.78 is 5.21.